The van der Waals surface area contributed by atoms with E-state index in [1.165, 1.54) is 0 Å². The van der Waals surface area contributed by atoms with Gasteiger partial charge in [-0.25, -0.2) is 4.79 Å². The van der Waals surface area contributed by atoms with Crippen molar-refractivity contribution in [3.05, 3.63) is 36.0 Å². The zero-order valence-electron chi connectivity index (χ0n) is 12.1. The summed E-state index contributed by atoms with van der Waals surface area (Å²) in [4.78, 5) is 26.1. The molecular formula is C16H20N2O3. The number of fused-ring (bicyclic) bond motifs is 1. The van der Waals surface area contributed by atoms with Crippen LogP contribution in [0.4, 0.5) is 0 Å². The molecule has 1 aromatic carbocycles. The van der Waals surface area contributed by atoms with E-state index in [0.29, 0.717) is 12.8 Å². The van der Waals surface area contributed by atoms with Crippen molar-refractivity contribution >= 4 is 22.8 Å². The molecule has 0 unspecified atom stereocenters. The van der Waals surface area contributed by atoms with Gasteiger partial charge in [0.25, 0.3) is 0 Å². The number of hydrogen-bond acceptors (Lipinski definition) is 2. The summed E-state index contributed by atoms with van der Waals surface area (Å²) in [5, 5.41) is 12.7. The summed E-state index contributed by atoms with van der Waals surface area (Å²) in [5.41, 5.74) is 2.12. The lowest BCUT2D eigenvalue weighted by Crippen LogP contribution is -2.40. The Morgan fingerprint density at radius 2 is 2.10 bits per heavy atom. The van der Waals surface area contributed by atoms with Crippen molar-refractivity contribution in [1.82, 2.24) is 10.3 Å². The molecule has 0 saturated heterocycles. The molecule has 1 amide bonds. The molecule has 1 aromatic heterocycles. The first kappa shape index (κ1) is 15.1. The zero-order chi connectivity index (χ0) is 15.2. The monoisotopic (exact) mass is 288 g/mol. The summed E-state index contributed by atoms with van der Waals surface area (Å²) in [5.74, 6) is -1.20. The van der Waals surface area contributed by atoms with E-state index < -0.39 is 12.0 Å². The van der Waals surface area contributed by atoms with E-state index in [9.17, 15) is 9.59 Å². The number of H-pyrrole nitrogens is 1. The lowest BCUT2D eigenvalue weighted by atomic mass is 10.1. The number of nitrogens with one attached hydrogen (secondary N) is 2. The Labute approximate surface area is 123 Å². The quantitative estimate of drug-likeness (QED) is 0.732. The summed E-state index contributed by atoms with van der Waals surface area (Å²) in [7, 11) is 0. The molecule has 0 fully saturated rings. The standard InChI is InChI=1S/C16H20N2O3/c1-2-5-14(16(20)21)18-15(19)9-8-11-10-17-13-7-4-3-6-12(11)13/h3-4,6-7,10,14,17H,2,5,8-9H2,1H3,(H,18,19)(H,20,21)/t14-/m0/s1. The predicted molar refractivity (Wildman–Crippen MR) is 81.1 cm³/mol. The average molecular weight is 288 g/mol. The first-order chi connectivity index (χ1) is 10.1. The number of aryl methyl sites for hydroxylation is 1. The van der Waals surface area contributed by atoms with Crippen molar-refractivity contribution in [2.45, 2.75) is 38.6 Å². The number of carbonyl (C=O) groups excluding carboxylic acids is 1. The molecule has 1 heterocycles. The third-order valence-corrected chi connectivity index (χ3v) is 3.51. The number of hydrogen-bond donors (Lipinski definition) is 3. The number of carboxylic acid groups (broad SMARTS) is 1. The van der Waals surface area contributed by atoms with E-state index in [0.717, 1.165) is 22.9 Å². The largest absolute Gasteiger partial charge is 0.480 e. The number of para-hydroxylation sites is 1. The van der Waals surface area contributed by atoms with E-state index in [1.807, 2.05) is 37.4 Å². The second-order valence-corrected chi connectivity index (χ2v) is 5.11. The van der Waals surface area contributed by atoms with Gasteiger partial charge in [0.05, 0.1) is 0 Å². The molecule has 0 saturated carbocycles. The lowest BCUT2D eigenvalue weighted by Gasteiger charge is -2.13. The van der Waals surface area contributed by atoms with Gasteiger partial charge in [0.15, 0.2) is 0 Å². The molecule has 3 N–H and O–H groups in total. The Balaban J connectivity index is 1.93. The van der Waals surface area contributed by atoms with Crippen molar-refractivity contribution < 1.29 is 14.7 Å². The molecule has 5 nitrogen and oxygen atoms in total. The molecule has 2 rings (SSSR count). The Hall–Kier alpha value is -2.30. The van der Waals surface area contributed by atoms with Gasteiger partial charge in [0, 0.05) is 23.5 Å². The Morgan fingerprint density at radius 1 is 1.33 bits per heavy atom. The van der Waals surface area contributed by atoms with Gasteiger partial charge in [-0.15, -0.1) is 0 Å². The van der Waals surface area contributed by atoms with Gasteiger partial charge in [-0.1, -0.05) is 31.5 Å². The molecule has 0 aliphatic rings. The zero-order valence-corrected chi connectivity index (χ0v) is 12.1. The van der Waals surface area contributed by atoms with Crippen LogP contribution in [0.2, 0.25) is 0 Å². The molecule has 0 aliphatic carbocycles. The Kier molecular flexibility index (Phi) is 4.98. The number of carboxylic acids is 1. The number of aromatic nitrogens is 1. The van der Waals surface area contributed by atoms with Gasteiger partial charge in [-0.05, 0) is 24.5 Å². The van der Waals surface area contributed by atoms with Crippen LogP contribution < -0.4 is 5.32 Å². The second-order valence-electron chi connectivity index (χ2n) is 5.11. The SMILES string of the molecule is CCC[C@H](NC(=O)CCc1c[nH]c2ccccc12)C(=O)O. The van der Waals surface area contributed by atoms with Crippen molar-refractivity contribution in [3.8, 4) is 0 Å². The van der Waals surface area contributed by atoms with Crippen LogP contribution in [-0.2, 0) is 16.0 Å². The minimum absolute atomic E-state index is 0.221. The predicted octanol–water partition coefficient (Wildman–Crippen LogP) is 2.47. The van der Waals surface area contributed by atoms with E-state index in [-0.39, 0.29) is 12.3 Å². The molecule has 2 aromatic rings. The van der Waals surface area contributed by atoms with E-state index in [1.54, 1.807) is 0 Å². The number of carbonyl (C=O) groups is 2. The summed E-state index contributed by atoms with van der Waals surface area (Å²) in [6, 6.07) is 7.13. The molecular weight excluding hydrogens is 268 g/mol. The van der Waals surface area contributed by atoms with Gasteiger partial charge in [0.1, 0.15) is 6.04 Å². The van der Waals surface area contributed by atoms with Crippen LogP contribution in [0.15, 0.2) is 30.5 Å². The van der Waals surface area contributed by atoms with Crippen molar-refractivity contribution in [2.24, 2.45) is 0 Å². The molecule has 5 heteroatoms. The molecule has 112 valence electrons. The minimum atomic E-state index is -0.975. The maximum Gasteiger partial charge on any atom is 0.326 e. The van der Waals surface area contributed by atoms with Crippen molar-refractivity contribution in [2.75, 3.05) is 0 Å². The molecule has 0 spiro atoms. The summed E-state index contributed by atoms with van der Waals surface area (Å²) < 4.78 is 0. The van der Waals surface area contributed by atoms with Crippen molar-refractivity contribution in [1.29, 1.82) is 0 Å². The first-order valence-corrected chi connectivity index (χ1v) is 7.19. The summed E-state index contributed by atoms with van der Waals surface area (Å²) >= 11 is 0. The third-order valence-electron chi connectivity index (χ3n) is 3.51. The molecule has 1 atom stereocenters. The van der Waals surface area contributed by atoms with E-state index in [4.69, 9.17) is 5.11 Å². The van der Waals surface area contributed by atoms with Crippen LogP contribution in [0.25, 0.3) is 10.9 Å². The maximum absolute atomic E-state index is 11.9. The highest BCUT2D eigenvalue weighted by molar-refractivity contribution is 5.85. The number of rotatable bonds is 7. The van der Waals surface area contributed by atoms with Gasteiger partial charge in [-0.3, -0.25) is 4.79 Å². The topological polar surface area (TPSA) is 82.2 Å². The van der Waals surface area contributed by atoms with Crippen LogP contribution in [0.5, 0.6) is 0 Å². The average Bonchev–Trinajstić information content (AvgIpc) is 2.88. The smallest absolute Gasteiger partial charge is 0.326 e. The Bertz CT molecular complexity index is 633. The van der Waals surface area contributed by atoms with Gasteiger partial charge < -0.3 is 15.4 Å². The lowest BCUT2D eigenvalue weighted by molar-refractivity contribution is -0.142. The minimum Gasteiger partial charge on any atom is -0.480 e. The normalized spacial score (nSPS) is 12.2. The highest BCUT2D eigenvalue weighted by Crippen LogP contribution is 2.18. The number of aromatic amines is 1. The van der Waals surface area contributed by atoms with Crippen LogP contribution >= 0.6 is 0 Å². The first-order valence-electron chi connectivity index (χ1n) is 7.19. The fourth-order valence-electron chi connectivity index (χ4n) is 2.40. The maximum atomic E-state index is 11.9. The molecule has 0 radical (unpaired) electrons. The van der Waals surface area contributed by atoms with Crippen LogP contribution in [0, 0.1) is 0 Å². The summed E-state index contributed by atoms with van der Waals surface area (Å²) in [6.45, 7) is 1.90. The molecule has 21 heavy (non-hydrogen) atoms. The highest BCUT2D eigenvalue weighted by atomic mass is 16.4. The van der Waals surface area contributed by atoms with Gasteiger partial charge in [-0.2, -0.15) is 0 Å². The number of aliphatic carboxylic acids is 1. The fourth-order valence-corrected chi connectivity index (χ4v) is 2.40. The van der Waals surface area contributed by atoms with E-state index in [2.05, 4.69) is 10.3 Å². The van der Waals surface area contributed by atoms with Gasteiger partial charge >= 0.3 is 5.97 Å². The second kappa shape index (κ2) is 6.92. The highest BCUT2D eigenvalue weighted by Gasteiger charge is 2.18. The van der Waals surface area contributed by atoms with E-state index >= 15 is 0 Å². The van der Waals surface area contributed by atoms with Crippen LogP contribution in [0.1, 0.15) is 31.7 Å². The van der Waals surface area contributed by atoms with Crippen LogP contribution in [-0.4, -0.2) is 28.0 Å². The van der Waals surface area contributed by atoms with Gasteiger partial charge in [0.2, 0.25) is 5.91 Å². The van der Waals surface area contributed by atoms with Crippen molar-refractivity contribution in [3.63, 3.8) is 0 Å². The molecule has 0 bridgehead atoms. The Morgan fingerprint density at radius 3 is 2.81 bits per heavy atom. The number of amides is 1. The summed E-state index contributed by atoms with van der Waals surface area (Å²) in [6.07, 6.45) is 3.95. The fraction of sp³-hybridized carbons (Fsp3) is 0.375. The third kappa shape index (κ3) is 3.84. The number of benzene rings is 1. The molecule has 0 aliphatic heterocycles. The van der Waals surface area contributed by atoms with Crippen LogP contribution in [0.3, 0.4) is 0 Å².